The van der Waals surface area contributed by atoms with E-state index >= 15 is 0 Å². The Morgan fingerprint density at radius 3 is 1.87 bits per heavy atom. The minimum absolute atomic E-state index is 0.471. The Labute approximate surface area is 102 Å². The predicted octanol–water partition coefficient (Wildman–Crippen LogP) is 4.81. The molecule has 84 valence electrons. The molecule has 1 nitrogen and oxygen atoms in total. The Balaban J connectivity index is 3.21. The van der Waals surface area contributed by atoms with Gasteiger partial charge in [0.15, 0.2) is 0 Å². The van der Waals surface area contributed by atoms with E-state index in [1.165, 1.54) is 11.1 Å². The molecule has 0 aliphatic heterocycles. The summed E-state index contributed by atoms with van der Waals surface area (Å²) in [5.74, 6) is 1.93. The molecular formula is C12H18OS2. The van der Waals surface area contributed by atoms with E-state index in [2.05, 4.69) is 57.6 Å². The van der Waals surface area contributed by atoms with Gasteiger partial charge in [-0.2, -0.15) is 0 Å². The van der Waals surface area contributed by atoms with Crippen molar-refractivity contribution < 1.29 is 4.18 Å². The molecule has 0 aromatic heterocycles. The summed E-state index contributed by atoms with van der Waals surface area (Å²) < 4.78 is 5.57. The number of rotatable bonds is 4. The van der Waals surface area contributed by atoms with Crippen molar-refractivity contribution >= 4 is 22.7 Å². The van der Waals surface area contributed by atoms with Crippen molar-refractivity contribution in [2.24, 2.45) is 0 Å². The summed E-state index contributed by atoms with van der Waals surface area (Å²) in [5.41, 5.74) is 2.51. The molecule has 0 radical (unpaired) electrons. The van der Waals surface area contributed by atoms with Crippen LogP contribution in [-0.4, -0.2) is 0 Å². The van der Waals surface area contributed by atoms with Gasteiger partial charge in [-0.25, -0.2) is 0 Å². The van der Waals surface area contributed by atoms with E-state index < -0.39 is 0 Å². The lowest BCUT2D eigenvalue weighted by atomic mass is 9.94. The molecule has 0 fully saturated rings. The van der Waals surface area contributed by atoms with E-state index in [4.69, 9.17) is 4.18 Å². The SMILES string of the molecule is CC(C)c1cccc(C(C)C)c1OSS. The highest BCUT2D eigenvalue weighted by Gasteiger charge is 2.14. The summed E-state index contributed by atoms with van der Waals surface area (Å²) in [4.78, 5) is 0. The van der Waals surface area contributed by atoms with E-state index in [1.54, 1.807) is 0 Å². The zero-order valence-electron chi connectivity index (χ0n) is 9.65. The van der Waals surface area contributed by atoms with Crippen molar-refractivity contribution in [2.45, 2.75) is 39.5 Å². The smallest absolute Gasteiger partial charge is 0.145 e. The van der Waals surface area contributed by atoms with Crippen molar-refractivity contribution in [1.29, 1.82) is 0 Å². The van der Waals surface area contributed by atoms with Gasteiger partial charge in [0.1, 0.15) is 16.8 Å². The maximum atomic E-state index is 5.57. The summed E-state index contributed by atoms with van der Waals surface area (Å²) in [5, 5.41) is 0. The molecule has 0 atom stereocenters. The molecule has 1 rings (SSSR count). The number of thiol groups is 1. The van der Waals surface area contributed by atoms with Crippen molar-refractivity contribution in [1.82, 2.24) is 0 Å². The molecule has 0 saturated carbocycles. The fourth-order valence-corrected chi connectivity index (χ4v) is 2.11. The highest BCUT2D eigenvalue weighted by Crippen LogP contribution is 2.36. The van der Waals surface area contributed by atoms with E-state index in [-0.39, 0.29) is 0 Å². The first kappa shape index (κ1) is 12.8. The van der Waals surface area contributed by atoms with Gasteiger partial charge in [-0.05, 0) is 23.0 Å². The first-order valence-electron chi connectivity index (χ1n) is 5.18. The van der Waals surface area contributed by atoms with Gasteiger partial charge in [0.05, 0.1) is 0 Å². The molecule has 0 aliphatic rings. The third-order valence-electron chi connectivity index (χ3n) is 2.44. The van der Waals surface area contributed by atoms with Crippen molar-refractivity contribution in [2.75, 3.05) is 0 Å². The van der Waals surface area contributed by atoms with Crippen LogP contribution in [0.1, 0.15) is 50.7 Å². The van der Waals surface area contributed by atoms with E-state index in [0.29, 0.717) is 11.8 Å². The lowest BCUT2D eigenvalue weighted by Gasteiger charge is -2.17. The molecule has 0 spiro atoms. The van der Waals surface area contributed by atoms with Gasteiger partial charge >= 0.3 is 0 Å². The van der Waals surface area contributed by atoms with Gasteiger partial charge in [-0.15, -0.1) is 0 Å². The molecule has 0 bridgehead atoms. The Hall–Kier alpha value is -0.280. The zero-order valence-corrected chi connectivity index (χ0v) is 11.4. The van der Waals surface area contributed by atoms with Crippen molar-refractivity contribution in [3.8, 4) is 5.75 Å². The van der Waals surface area contributed by atoms with Crippen molar-refractivity contribution in [3.05, 3.63) is 29.3 Å². The lowest BCUT2D eigenvalue weighted by molar-refractivity contribution is 0.612. The van der Waals surface area contributed by atoms with Crippen molar-refractivity contribution in [3.63, 3.8) is 0 Å². The molecule has 0 heterocycles. The Morgan fingerprint density at radius 1 is 1.07 bits per heavy atom. The fraction of sp³-hybridized carbons (Fsp3) is 0.500. The minimum atomic E-state index is 0.471. The standard InChI is InChI=1S/C12H18OS2/c1-8(2)10-6-5-7-11(9(3)4)12(10)13-15-14/h5-9,14H,1-4H3. The lowest BCUT2D eigenvalue weighted by Crippen LogP contribution is -1.98. The van der Waals surface area contributed by atoms with Crippen LogP contribution in [0.4, 0.5) is 0 Å². The first-order valence-corrected chi connectivity index (χ1v) is 6.98. The molecule has 0 aliphatic carbocycles. The van der Waals surface area contributed by atoms with Crippen LogP contribution in [0.3, 0.4) is 0 Å². The van der Waals surface area contributed by atoms with E-state index in [1.807, 2.05) is 0 Å². The van der Waals surface area contributed by atoms with Crippen LogP contribution in [0.5, 0.6) is 5.75 Å². The average molecular weight is 242 g/mol. The first-order chi connectivity index (χ1) is 7.07. The largest absolute Gasteiger partial charge is 0.414 e. The normalized spacial score (nSPS) is 11.1. The molecular weight excluding hydrogens is 224 g/mol. The number of para-hydroxylation sites is 1. The van der Waals surface area contributed by atoms with Crippen LogP contribution < -0.4 is 4.18 Å². The van der Waals surface area contributed by atoms with Gasteiger partial charge < -0.3 is 4.18 Å². The topological polar surface area (TPSA) is 9.23 Å². The summed E-state index contributed by atoms with van der Waals surface area (Å²) in [6.45, 7) is 8.70. The summed E-state index contributed by atoms with van der Waals surface area (Å²) in [6.07, 6.45) is 0. The molecule has 0 amide bonds. The second-order valence-corrected chi connectivity index (χ2v) is 5.00. The molecule has 15 heavy (non-hydrogen) atoms. The second-order valence-electron chi connectivity index (χ2n) is 4.23. The third-order valence-corrected chi connectivity index (χ3v) is 2.91. The van der Waals surface area contributed by atoms with Gasteiger partial charge in [-0.3, -0.25) is 0 Å². The van der Waals surface area contributed by atoms with E-state index in [0.717, 1.165) is 16.8 Å². The second kappa shape index (κ2) is 5.71. The highest BCUT2D eigenvalue weighted by atomic mass is 33.1. The number of hydrogen-bond donors (Lipinski definition) is 1. The highest BCUT2D eigenvalue weighted by molar-refractivity contribution is 8.66. The zero-order chi connectivity index (χ0) is 11.4. The quantitative estimate of drug-likeness (QED) is 0.461. The van der Waals surface area contributed by atoms with Crippen LogP contribution >= 0.6 is 22.7 Å². The number of benzene rings is 1. The molecule has 3 heteroatoms. The van der Waals surface area contributed by atoms with Crippen LogP contribution in [0.2, 0.25) is 0 Å². The van der Waals surface area contributed by atoms with Crippen LogP contribution in [0, 0.1) is 0 Å². The monoisotopic (exact) mass is 242 g/mol. The maximum absolute atomic E-state index is 5.57. The molecule has 0 N–H and O–H groups in total. The molecule has 1 aromatic rings. The summed E-state index contributed by atoms with van der Waals surface area (Å²) in [6, 6.07) is 6.34. The fourth-order valence-electron chi connectivity index (χ4n) is 1.62. The number of hydrogen-bond acceptors (Lipinski definition) is 3. The maximum Gasteiger partial charge on any atom is 0.145 e. The van der Waals surface area contributed by atoms with Crippen LogP contribution in [0.15, 0.2) is 18.2 Å². The molecule has 0 saturated heterocycles. The molecule has 1 aromatic carbocycles. The van der Waals surface area contributed by atoms with Gasteiger partial charge in [0.25, 0.3) is 0 Å². The Morgan fingerprint density at radius 2 is 1.53 bits per heavy atom. The van der Waals surface area contributed by atoms with Crippen LogP contribution in [-0.2, 0) is 0 Å². The minimum Gasteiger partial charge on any atom is -0.414 e. The Bertz CT molecular complexity index is 295. The van der Waals surface area contributed by atoms with Gasteiger partial charge in [0, 0.05) is 0 Å². The average Bonchev–Trinajstić information content (AvgIpc) is 2.17. The van der Waals surface area contributed by atoms with E-state index in [9.17, 15) is 0 Å². The van der Waals surface area contributed by atoms with Gasteiger partial charge in [-0.1, -0.05) is 57.6 Å². The molecule has 0 unspecified atom stereocenters. The van der Waals surface area contributed by atoms with Crippen LogP contribution in [0.25, 0.3) is 0 Å². The van der Waals surface area contributed by atoms with Gasteiger partial charge in [0.2, 0.25) is 0 Å². The predicted molar refractivity (Wildman–Crippen MR) is 71.8 cm³/mol. The Kier molecular flexibility index (Phi) is 4.87. The summed E-state index contributed by atoms with van der Waals surface area (Å²) >= 11 is 5.17. The third kappa shape index (κ3) is 3.08. The summed E-state index contributed by atoms with van der Waals surface area (Å²) in [7, 11) is 0.